The normalized spacial score (nSPS) is 11.5. The van der Waals surface area contributed by atoms with E-state index in [0.29, 0.717) is 0 Å². The number of aromatic nitrogens is 2. The van der Waals surface area contributed by atoms with Crippen molar-refractivity contribution < 1.29 is 4.79 Å². The molecule has 0 N–H and O–H groups in total. The first-order valence-electron chi connectivity index (χ1n) is 8.91. The highest BCUT2D eigenvalue weighted by Gasteiger charge is 2.23. The monoisotopic (exact) mass is 413 g/mol. The van der Waals surface area contributed by atoms with Crippen molar-refractivity contribution in [1.29, 1.82) is 0 Å². The van der Waals surface area contributed by atoms with Crippen LogP contribution in [-0.2, 0) is 11.3 Å². The van der Waals surface area contributed by atoms with Crippen LogP contribution in [0, 0.1) is 0 Å². The van der Waals surface area contributed by atoms with E-state index in [1.165, 1.54) is 0 Å². The minimum atomic E-state index is 0.106. The molecule has 1 amide bonds. The Kier molecular flexibility index (Phi) is 5.47. The summed E-state index contributed by atoms with van der Waals surface area (Å²) in [6, 6.07) is 16.3. The Bertz CT molecular complexity index is 922. The summed E-state index contributed by atoms with van der Waals surface area (Å²) in [5, 5.41) is 0. The van der Waals surface area contributed by atoms with Crippen LogP contribution < -0.4 is 0 Å². The van der Waals surface area contributed by atoms with Crippen LogP contribution in [0.15, 0.2) is 53.0 Å². The number of nitrogens with zero attached hydrogens (tertiary/aromatic N) is 3. The number of amides is 1. The first kappa shape index (κ1) is 18.6. The SMILES string of the molecule is CC(C)N(C(=O)Cn1c(-c2cccc(Br)c2)nc2ccccc21)C(C)C. The number of carbonyl (C=O) groups is 1. The van der Waals surface area contributed by atoms with E-state index in [9.17, 15) is 4.79 Å². The van der Waals surface area contributed by atoms with Gasteiger partial charge in [0, 0.05) is 22.1 Å². The number of imidazole rings is 1. The van der Waals surface area contributed by atoms with Crippen LogP contribution in [0.25, 0.3) is 22.4 Å². The van der Waals surface area contributed by atoms with E-state index in [2.05, 4.69) is 43.6 Å². The highest BCUT2D eigenvalue weighted by atomic mass is 79.9. The molecule has 3 rings (SSSR count). The van der Waals surface area contributed by atoms with Crippen molar-refractivity contribution in [2.45, 2.75) is 46.3 Å². The lowest BCUT2D eigenvalue weighted by Crippen LogP contribution is -2.43. The van der Waals surface area contributed by atoms with Crippen LogP contribution in [0.2, 0.25) is 0 Å². The summed E-state index contributed by atoms with van der Waals surface area (Å²) in [4.78, 5) is 19.8. The van der Waals surface area contributed by atoms with Crippen molar-refractivity contribution in [3.8, 4) is 11.4 Å². The van der Waals surface area contributed by atoms with Gasteiger partial charge in [0.2, 0.25) is 5.91 Å². The summed E-state index contributed by atoms with van der Waals surface area (Å²) in [5.41, 5.74) is 2.86. The van der Waals surface area contributed by atoms with E-state index in [1.807, 2.05) is 58.0 Å². The molecule has 3 aromatic rings. The predicted molar refractivity (Wildman–Crippen MR) is 110 cm³/mol. The number of halogens is 1. The van der Waals surface area contributed by atoms with Crippen LogP contribution in [-0.4, -0.2) is 32.4 Å². The number of hydrogen-bond donors (Lipinski definition) is 0. The van der Waals surface area contributed by atoms with E-state index < -0.39 is 0 Å². The van der Waals surface area contributed by atoms with Gasteiger partial charge in [-0.25, -0.2) is 4.98 Å². The highest BCUT2D eigenvalue weighted by molar-refractivity contribution is 9.10. The van der Waals surface area contributed by atoms with Gasteiger partial charge in [0.15, 0.2) is 0 Å². The van der Waals surface area contributed by atoms with Gasteiger partial charge in [-0.3, -0.25) is 4.79 Å². The number of para-hydroxylation sites is 2. The molecule has 0 radical (unpaired) electrons. The molecule has 136 valence electrons. The molecule has 1 aromatic heterocycles. The van der Waals surface area contributed by atoms with E-state index in [-0.39, 0.29) is 24.5 Å². The maximum atomic E-state index is 13.1. The first-order chi connectivity index (χ1) is 12.4. The van der Waals surface area contributed by atoms with Gasteiger partial charge < -0.3 is 9.47 Å². The second-order valence-corrected chi connectivity index (χ2v) is 7.92. The molecular weight excluding hydrogens is 390 g/mol. The average molecular weight is 414 g/mol. The maximum absolute atomic E-state index is 13.1. The largest absolute Gasteiger partial charge is 0.336 e. The Hall–Kier alpha value is -2.14. The molecule has 0 saturated carbocycles. The molecule has 0 saturated heterocycles. The lowest BCUT2D eigenvalue weighted by molar-refractivity contribution is -0.135. The quantitative estimate of drug-likeness (QED) is 0.582. The zero-order valence-electron chi connectivity index (χ0n) is 15.6. The Morgan fingerprint density at radius 1 is 1.08 bits per heavy atom. The Morgan fingerprint density at radius 2 is 1.77 bits per heavy atom. The minimum Gasteiger partial charge on any atom is -0.336 e. The van der Waals surface area contributed by atoms with Crippen LogP contribution in [0.5, 0.6) is 0 Å². The molecule has 2 aromatic carbocycles. The Balaban J connectivity index is 2.09. The van der Waals surface area contributed by atoms with Crippen LogP contribution in [0.3, 0.4) is 0 Å². The maximum Gasteiger partial charge on any atom is 0.243 e. The summed E-state index contributed by atoms with van der Waals surface area (Å²) in [5.74, 6) is 0.919. The van der Waals surface area contributed by atoms with Gasteiger partial charge in [0.1, 0.15) is 12.4 Å². The second-order valence-electron chi connectivity index (χ2n) is 7.01. The summed E-state index contributed by atoms with van der Waals surface area (Å²) >= 11 is 3.53. The van der Waals surface area contributed by atoms with E-state index in [4.69, 9.17) is 4.98 Å². The second kappa shape index (κ2) is 7.62. The molecular formula is C21H24BrN3O. The molecule has 0 unspecified atom stereocenters. The van der Waals surface area contributed by atoms with Gasteiger partial charge in [0.05, 0.1) is 11.0 Å². The number of rotatable bonds is 5. The molecule has 0 bridgehead atoms. The lowest BCUT2D eigenvalue weighted by Gasteiger charge is -2.31. The van der Waals surface area contributed by atoms with Crippen molar-refractivity contribution in [1.82, 2.24) is 14.5 Å². The fraction of sp³-hybridized carbons (Fsp3) is 0.333. The van der Waals surface area contributed by atoms with E-state index in [1.54, 1.807) is 0 Å². The number of benzene rings is 2. The van der Waals surface area contributed by atoms with Crippen LogP contribution in [0.1, 0.15) is 27.7 Å². The Labute approximate surface area is 163 Å². The molecule has 0 spiro atoms. The van der Waals surface area contributed by atoms with Gasteiger partial charge in [-0.1, -0.05) is 40.2 Å². The summed E-state index contributed by atoms with van der Waals surface area (Å²) in [7, 11) is 0. The van der Waals surface area contributed by atoms with Crippen molar-refractivity contribution >= 4 is 32.9 Å². The minimum absolute atomic E-state index is 0.106. The molecule has 1 heterocycles. The predicted octanol–water partition coefficient (Wildman–Crippen LogP) is 5.11. The highest BCUT2D eigenvalue weighted by Crippen LogP contribution is 2.27. The third kappa shape index (κ3) is 3.68. The lowest BCUT2D eigenvalue weighted by atomic mass is 10.2. The Morgan fingerprint density at radius 3 is 2.42 bits per heavy atom. The molecule has 0 aliphatic heterocycles. The number of hydrogen-bond acceptors (Lipinski definition) is 2. The number of fused-ring (bicyclic) bond motifs is 1. The van der Waals surface area contributed by atoms with Crippen LogP contribution in [0.4, 0.5) is 0 Å². The zero-order valence-corrected chi connectivity index (χ0v) is 17.2. The molecule has 0 aliphatic carbocycles. The summed E-state index contributed by atoms with van der Waals surface area (Å²) in [6.07, 6.45) is 0. The fourth-order valence-electron chi connectivity index (χ4n) is 3.47. The average Bonchev–Trinajstić information content (AvgIpc) is 2.93. The molecule has 5 heteroatoms. The van der Waals surface area contributed by atoms with Crippen molar-refractivity contribution in [2.75, 3.05) is 0 Å². The van der Waals surface area contributed by atoms with Crippen LogP contribution >= 0.6 is 15.9 Å². The molecule has 4 nitrogen and oxygen atoms in total. The van der Waals surface area contributed by atoms with E-state index >= 15 is 0 Å². The zero-order chi connectivity index (χ0) is 18.8. The van der Waals surface area contributed by atoms with Gasteiger partial charge in [-0.05, 0) is 52.0 Å². The molecule has 0 atom stereocenters. The molecule has 26 heavy (non-hydrogen) atoms. The molecule has 0 aliphatic rings. The summed E-state index contributed by atoms with van der Waals surface area (Å²) in [6.45, 7) is 8.50. The third-order valence-electron chi connectivity index (χ3n) is 4.43. The van der Waals surface area contributed by atoms with Crippen molar-refractivity contribution in [3.05, 3.63) is 53.0 Å². The van der Waals surface area contributed by atoms with Gasteiger partial charge >= 0.3 is 0 Å². The molecule has 0 fully saturated rings. The van der Waals surface area contributed by atoms with Gasteiger partial charge in [-0.2, -0.15) is 0 Å². The van der Waals surface area contributed by atoms with Gasteiger partial charge in [0.25, 0.3) is 0 Å². The van der Waals surface area contributed by atoms with Crippen molar-refractivity contribution in [2.24, 2.45) is 0 Å². The first-order valence-corrected chi connectivity index (χ1v) is 9.70. The van der Waals surface area contributed by atoms with E-state index in [0.717, 1.165) is 26.9 Å². The smallest absolute Gasteiger partial charge is 0.243 e. The topological polar surface area (TPSA) is 38.1 Å². The number of carbonyl (C=O) groups excluding carboxylic acids is 1. The third-order valence-corrected chi connectivity index (χ3v) is 4.92. The standard InChI is InChI=1S/C21H24BrN3O/c1-14(2)25(15(3)4)20(26)13-24-19-11-6-5-10-18(19)23-21(24)16-8-7-9-17(22)12-16/h5-12,14-15H,13H2,1-4H3. The summed E-state index contributed by atoms with van der Waals surface area (Å²) < 4.78 is 3.02. The van der Waals surface area contributed by atoms with Gasteiger partial charge in [-0.15, -0.1) is 0 Å². The van der Waals surface area contributed by atoms with Crippen molar-refractivity contribution in [3.63, 3.8) is 0 Å². The fourth-order valence-corrected chi connectivity index (χ4v) is 3.87.